The van der Waals surface area contributed by atoms with E-state index in [-0.39, 0.29) is 28.8 Å². The SMILES string of the molecule is CCCNC(=O)[C@H](C)N(Cc1ccc(F)cc1)C(=O)CN(c1ccccc1OC)S(=O)(=O)c1ccc(C)cc1. The summed E-state index contributed by atoms with van der Waals surface area (Å²) in [6, 6.07) is 17.5. The van der Waals surface area contributed by atoms with Gasteiger partial charge in [-0.05, 0) is 62.2 Å². The number of methoxy groups -OCH3 is 1. The van der Waals surface area contributed by atoms with Crippen LogP contribution in [0.1, 0.15) is 31.4 Å². The summed E-state index contributed by atoms with van der Waals surface area (Å²) in [6.07, 6.45) is 0.709. The van der Waals surface area contributed by atoms with Crippen molar-refractivity contribution < 1.29 is 27.1 Å². The van der Waals surface area contributed by atoms with Crippen molar-refractivity contribution in [3.8, 4) is 5.75 Å². The van der Waals surface area contributed by atoms with Crippen LogP contribution in [0.4, 0.5) is 10.1 Å². The van der Waals surface area contributed by atoms with Gasteiger partial charge in [0.1, 0.15) is 24.2 Å². The molecule has 0 fully saturated rings. The Morgan fingerprint density at radius 3 is 2.26 bits per heavy atom. The minimum atomic E-state index is -4.21. The van der Waals surface area contributed by atoms with E-state index < -0.39 is 34.3 Å². The van der Waals surface area contributed by atoms with Crippen LogP contribution in [-0.2, 0) is 26.2 Å². The summed E-state index contributed by atoms with van der Waals surface area (Å²) in [5, 5.41) is 2.78. The second kappa shape index (κ2) is 13.2. The molecule has 0 aromatic heterocycles. The summed E-state index contributed by atoms with van der Waals surface area (Å²) in [5.41, 5.74) is 1.65. The summed E-state index contributed by atoms with van der Waals surface area (Å²) in [7, 11) is -2.80. The molecular formula is C29H34FN3O5S. The van der Waals surface area contributed by atoms with Gasteiger partial charge in [0.25, 0.3) is 10.0 Å². The topological polar surface area (TPSA) is 96.0 Å². The summed E-state index contributed by atoms with van der Waals surface area (Å²) in [6.45, 7) is 5.14. The Bertz CT molecular complexity index is 1380. The zero-order valence-corrected chi connectivity index (χ0v) is 23.4. The molecule has 0 radical (unpaired) electrons. The average molecular weight is 556 g/mol. The zero-order chi connectivity index (χ0) is 28.6. The zero-order valence-electron chi connectivity index (χ0n) is 22.6. The molecule has 0 saturated carbocycles. The first-order chi connectivity index (χ1) is 18.6. The van der Waals surface area contributed by atoms with Crippen LogP contribution in [0.5, 0.6) is 5.75 Å². The third kappa shape index (κ3) is 7.35. The average Bonchev–Trinajstić information content (AvgIpc) is 2.93. The van der Waals surface area contributed by atoms with E-state index in [1.807, 2.05) is 13.8 Å². The smallest absolute Gasteiger partial charge is 0.264 e. The molecule has 39 heavy (non-hydrogen) atoms. The standard InChI is InChI=1S/C29H34FN3O5S/c1-5-18-31-29(35)22(3)32(19-23-12-14-24(30)15-13-23)28(34)20-33(26-8-6-7-9-27(26)38-4)39(36,37)25-16-10-21(2)11-17-25/h6-17,22H,5,18-20H2,1-4H3,(H,31,35)/t22-/m0/s1. The van der Waals surface area contributed by atoms with Crippen molar-refractivity contribution in [3.63, 3.8) is 0 Å². The largest absolute Gasteiger partial charge is 0.495 e. The van der Waals surface area contributed by atoms with Crippen molar-refractivity contribution in [1.29, 1.82) is 0 Å². The monoisotopic (exact) mass is 555 g/mol. The van der Waals surface area contributed by atoms with Crippen LogP contribution in [-0.4, -0.2) is 51.4 Å². The van der Waals surface area contributed by atoms with Gasteiger partial charge in [0.2, 0.25) is 11.8 Å². The highest BCUT2D eigenvalue weighted by molar-refractivity contribution is 7.92. The lowest BCUT2D eigenvalue weighted by atomic mass is 10.1. The predicted molar refractivity (Wildman–Crippen MR) is 148 cm³/mol. The predicted octanol–water partition coefficient (Wildman–Crippen LogP) is 4.28. The van der Waals surface area contributed by atoms with Crippen molar-refractivity contribution in [2.75, 3.05) is 24.5 Å². The highest BCUT2D eigenvalue weighted by Crippen LogP contribution is 2.32. The third-order valence-electron chi connectivity index (χ3n) is 6.22. The lowest BCUT2D eigenvalue weighted by molar-refractivity contribution is -0.139. The molecule has 0 spiro atoms. The first-order valence-corrected chi connectivity index (χ1v) is 14.1. The molecule has 0 aliphatic heterocycles. The Hall–Kier alpha value is -3.92. The van der Waals surface area contributed by atoms with E-state index in [2.05, 4.69) is 5.32 Å². The van der Waals surface area contributed by atoms with Gasteiger partial charge in [-0.15, -0.1) is 0 Å². The van der Waals surface area contributed by atoms with Gasteiger partial charge in [-0.2, -0.15) is 0 Å². The lowest BCUT2D eigenvalue weighted by Gasteiger charge is -2.32. The number of nitrogens with zero attached hydrogens (tertiary/aromatic N) is 2. The number of carbonyl (C=O) groups excluding carboxylic acids is 2. The number of anilines is 1. The molecule has 3 rings (SSSR count). The second-order valence-electron chi connectivity index (χ2n) is 9.11. The number of carbonyl (C=O) groups is 2. The molecule has 0 aliphatic rings. The molecule has 8 nitrogen and oxygen atoms in total. The number of para-hydroxylation sites is 2. The van der Waals surface area contributed by atoms with Gasteiger partial charge >= 0.3 is 0 Å². The molecule has 1 N–H and O–H groups in total. The number of benzene rings is 3. The lowest BCUT2D eigenvalue weighted by Crippen LogP contribution is -2.51. The Morgan fingerprint density at radius 2 is 1.64 bits per heavy atom. The Labute approximate surface area is 229 Å². The molecule has 208 valence electrons. The van der Waals surface area contributed by atoms with Crippen LogP contribution in [0.15, 0.2) is 77.7 Å². The van der Waals surface area contributed by atoms with Crippen molar-refractivity contribution in [3.05, 3.63) is 89.7 Å². The summed E-state index contributed by atoms with van der Waals surface area (Å²) in [4.78, 5) is 28.1. The van der Waals surface area contributed by atoms with Crippen LogP contribution in [0.3, 0.4) is 0 Å². The summed E-state index contributed by atoms with van der Waals surface area (Å²) >= 11 is 0. The van der Waals surface area contributed by atoms with E-state index in [0.717, 1.165) is 9.87 Å². The van der Waals surface area contributed by atoms with Gasteiger partial charge in [0.15, 0.2) is 0 Å². The second-order valence-corrected chi connectivity index (χ2v) is 11.0. The van der Waals surface area contributed by atoms with Gasteiger partial charge in [-0.3, -0.25) is 13.9 Å². The number of sulfonamides is 1. The highest BCUT2D eigenvalue weighted by atomic mass is 32.2. The molecule has 0 aliphatic carbocycles. The number of hydrogen-bond donors (Lipinski definition) is 1. The van der Waals surface area contributed by atoms with Crippen LogP contribution in [0.25, 0.3) is 0 Å². The molecule has 0 saturated heterocycles. The van der Waals surface area contributed by atoms with E-state index in [1.54, 1.807) is 43.3 Å². The highest BCUT2D eigenvalue weighted by Gasteiger charge is 2.33. The molecule has 3 aromatic carbocycles. The minimum absolute atomic E-state index is 0.00521. The van der Waals surface area contributed by atoms with Gasteiger partial charge in [-0.25, -0.2) is 12.8 Å². The molecular weight excluding hydrogens is 521 g/mol. The molecule has 2 amide bonds. The Morgan fingerprint density at radius 1 is 1.00 bits per heavy atom. The number of ether oxygens (including phenoxy) is 1. The van der Waals surface area contributed by atoms with Gasteiger partial charge < -0.3 is 15.0 Å². The van der Waals surface area contributed by atoms with Gasteiger partial charge in [0.05, 0.1) is 17.7 Å². The number of halogens is 1. The molecule has 1 atom stereocenters. The molecule has 3 aromatic rings. The van der Waals surface area contributed by atoms with Crippen molar-refractivity contribution in [2.45, 2.75) is 44.7 Å². The maximum absolute atomic E-state index is 13.9. The number of rotatable bonds is 12. The number of amides is 2. The summed E-state index contributed by atoms with van der Waals surface area (Å²) in [5.74, 6) is -1.16. The number of hydrogen-bond acceptors (Lipinski definition) is 5. The van der Waals surface area contributed by atoms with Gasteiger partial charge in [-0.1, -0.05) is 48.9 Å². The van der Waals surface area contributed by atoms with E-state index in [9.17, 15) is 22.4 Å². The molecule has 0 unspecified atom stereocenters. The van der Waals surface area contributed by atoms with Crippen LogP contribution in [0, 0.1) is 12.7 Å². The fourth-order valence-electron chi connectivity index (χ4n) is 3.95. The number of nitrogens with one attached hydrogen (secondary N) is 1. The fraction of sp³-hybridized carbons (Fsp3) is 0.310. The van der Waals surface area contributed by atoms with Crippen molar-refractivity contribution in [1.82, 2.24) is 10.2 Å². The van der Waals surface area contributed by atoms with E-state index in [4.69, 9.17) is 4.74 Å². The van der Waals surface area contributed by atoms with Crippen molar-refractivity contribution >= 4 is 27.5 Å². The minimum Gasteiger partial charge on any atom is -0.495 e. The van der Waals surface area contributed by atoms with E-state index in [1.165, 1.54) is 48.4 Å². The summed E-state index contributed by atoms with van der Waals surface area (Å²) < 4.78 is 47.7. The van der Waals surface area contributed by atoms with Crippen LogP contribution >= 0.6 is 0 Å². The normalized spacial score (nSPS) is 11.9. The maximum Gasteiger partial charge on any atom is 0.264 e. The maximum atomic E-state index is 13.9. The quantitative estimate of drug-likeness (QED) is 0.360. The van der Waals surface area contributed by atoms with Crippen LogP contribution in [0.2, 0.25) is 0 Å². The third-order valence-corrected chi connectivity index (χ3v) is 8.00. The van der Waals surface area contributed by atoms with Crippen LogP contribution < -0.4 is 14.4 Å². The number of aryl methyl sites for hydroxylation is 1. The molecule has 10 heteroatoms. The molecule has 0 bridgehead atoms. The van der Waals surface area contributed by atoms with E-state index in [0.29, 0.717) is 18.5 Å². The first-order valence-electron chi connectivity index (χ1n) is 12.6. The van der Waals surface area contributed by atoms with E-state index >= 15 is 0 Å². The molecule has 0 heterocycles. The van der Waals surface area contributed by atoms with Crippen molar-refractivity contribution in [2.24, 2.45) is 0 Å². The Kier molecular flexibility index (Phi) is 10.1. The first kappa shape index (κ1) is 29.6. The fourth-order valence-corrected chi connectivity index (χ4v) is 5.38. The van der Waals surface area contributed by atoms with Gasteiger partial charge in [0, 0.05) is 13.1 Å². The Balaban J connectivity index is 2.05.